The molecule has 0 amide bonds. The third-order valence-corrected chi connectivity index (χ3v) is 3.10. The topological polar surface area (TPSA) is 0 Å². The normalized spacial score (nSPS) is 9.68. The predicted octanol–water partition coefficient (Wildman–Crippen LogP) is 5.11. The first kappa shape index (κ1) is 13.8. The molecule has 0 fully saturated rings. The molecule has 0 aromatic heterocycles. The molecule has 91 valence electrons. The Morgan fingerprint density at radius 3 is 1.37 bits per heavy atom. The van der Waals surface area contributed by atoms with E-state index in [1.54, 1.807) is 0 Å². The maximum Gasteiger partial charge on any atom is 2.00 e. The molecule has 0 atom stereocenters. The van der Waals surface area contributed by atoms with Gasteiger partial charge in [0.25, 0.3) is 0 Å². The molecule has 0 N–H and O–H groups in total. The van der Waals surface area contributed by atoms with Gasteiger partial charge in [0.15, 0.2) is 0 Å². The van der Waals surface area contributed by atoms with Crippen molar-refractivity contribution in [3.63, 3.8) is 0 Å². The summed E-state index contributed by atoms with van der Waals surface area (Å²) >= 11 is 0. The van der Waals surface area contributed by atoms with E-state index in [9.17, 15) is 0 Å². The molecule has 0 bridgehead atoms. The van der Waals surface area contributed by atoms with Gasteiger partial charge in [-0.1, -0.05) is 12.1 Å². The Morgan fingerprint density at radius 2 is 0.947 bits per heavy atom. The Labute approximate surface area is 128 Å². The van der Waals surface area contributed by atoms with Crippen molar-refractivity contribution in [2.24, 2.45) is 0 Å². The third kappa shape index (κ3) is 3.24. The van der Waals surface area contributed by atoms with Crippen molar-refractivity contribution in [3.05, 3.63) is 84.9 Å². The minimum Gasteiger partial charge on any atom is -0.168 e. The zero-order valence-electron chi connectivity index (χ0n) is 10.5. The summed E-state index contributed by atoms with van der Waals surface area (Å²) < 4.78 is 0. The van der Waals surface area contributed by atoms with Gasteiger partial charge in [0.2, 0.25) is 0 Å². The molecule has 0 unspecified atom stereocenters. The molecule has 0 aliphatic rings. The number of fused-ring (bicyclic) bond motifs is 2. The zero-order chi connectivity index (χ0) is 12.2. The SMILES string of the molecule is [Ta+2].c1ccc2[cH-]ccc2c1.c1ccc2[cH-]ccc2c1. The average molecular weight is 411 g/mol. The van der Waals surface area contributed by atoms with E-state index in [2.05, 4.69) is 84.9 Å². The number of rotatable bonds is 0. The van der Waals surface area contributed by atoms with Gasteiger partial charge in [-0.2, -0.15) is 35.0 Å². The maximum absolute atomic E-state index is 2.12. The van der Waals surface area contributed by atoms with Gasteiger partial charge in [-0.3, -0.25) is 0 Å². The van der Waals surface area contributed by atoms with E-state index in [4.69, 9.17) is 0 Å². The minimum absolute atomic E-state index is 0. The molecule has 4 aromatic rings. The Hall–Kier alpha value is -1.60. The van der Waals surface area contributed by atoms with Crippen molar-refractivity contribution in [2.45, 2.75) is 0 Å². The van der Waals surface area contributed by atoms with Gasteiger partial charge >= 0.3 is 22.4 Å². The van der Waals surface area contributed by atoms with Crippen molar-refractivity contribution in [1.29, 1.82) is 0 Å². The monoisotopic (exact) mass is 411 g/mol. The van der Waals surface area contributed by atoms with Crippen molar-refractivity contribution in [2.75, 3.05) is 0 Å². The summed E-state index contributed by atoms with van der Waals surface area (Å²) in [5.74, 6) is 0. The molecule has 0 nitrogen and oxygen atoms in total. The first-order valence-electron chi connectivity index (χ1n) is 6.14. The van der Waals surface area contributed by atoms with Crippen LogP contribution in [0.4, 0.5) is 0 Å². The van der Waals surface area contributed by atoms with Crippen LogP contribution in [0.5, 0.6) is 0 Å². The van der Waals surface area contributed by atoms with E-state index in [1.807, 2.05) is 0 Å². The second-order valence-electron chi connectivity index (χ2n) is 4.31. The maximum atomic E-state index is 2.12. The van der Waals surface area contributed by atoms with Crippen molar-refractivity contribution >= 4 is 21.5 Å². The van der Waals surface area contributed by atoms with Gasteiger partial charge in [-0.15, -0.1) is 59.3 Å². The molecular weight excluding hydrogens is 397 g/mol. The van der Waals surface area contributed by atoms with Crippen LogP contribution in [-0.2, 0) is 22.4 Å². The Kier molecular flexibility index (Phi) is 4.75. The second-order valence-corrected chi connectivity index (χ2v) is 4.31. The molecule has 0 aliphatic carbocycles. The smallest absolute Gasteiger partial charge is 0.168 e. The van der Waals surface area contributed by atoms with Crippen LogP contribution in [0.3, 0.4) is 0 Å². The van der Waals surface area contributed by atoms with Crippen LogP contribution in [0.15, 0.2) is 84.9 Å². The molecule has 19 heavy (non-hydrogen) atoms. The van der Waals surface area contributed by atoms with Crippen molar-refractivity contribution in [3.8, 4) is 0 Å². The first-order chi connectivity index (χ1) is 8.93. The summed E-state index contributed by atoms with van der Waals surface area (Å²) in [5, 5.41) is 5.32. The second kappa shape index (κ2) is 6.53. The molecule has 1 radical (unpaired) electrons. The van der Waals surface area contributed by atoms with Gasteiger partial charge in [0.1, 0.15) is 0 Å². The quantitative estimate of drug-likeness (QED) is 0.353. The molecule has 0 spiro atoms. The summed E-state index contributed by atoms with van der Waals surface area (Å²) in [6, 6.07) is 29.3. The van der Waals surface area contributed by atoms with Crippen LogP contribution < -0.4 is 0 Å². The fraction of sp³-hybridized carbons (Fsp3) is 0. The third-order valence-electron chi connectivity index (χ3n) is 3.10. The molecule has 0 aliphatic heterocycles. The summed E-state index contributed by atoms with van der Waals surface area (Å²) in [5.41, 5.74) is 0. The van der Waals surface area contributed by atoms with Crippen LogP contribution in [0.2, 0.25) is 0 Å². The van der Waals surface area contributed by atoms with Gasteiger partial charge in [0.05, 0.1) is 0 Å². The van der Waals surface area contributed by atoms with Crippen LogP contribution in [0, 0.1) is 0 Å². The number of benzene rings is 2. The van der Waals surface area contributed by atoms with E-state index in [1.165, 1.54) is 21.5 Å². The minimum atomic E-state index is 0. The van der Waals surface area contributed by atoms with E-state index < -0.39 is 0 Å². The summed E-state index contributed by atoms with van der Waals surface area (Å²) in [6.07, 6.45) is 0. The Morgan fingerprint density at radius 1 is 0.526 bits per heavy atom. The summed E-state index contributed by atoms with van der Waals surface area (Å²) in [7, 11) is 0. The Bertz CT molecular complexity index is 620. The first-order valence-corrected chi connectivity index (χ1v) is 6.14. The van der Waals surface area contributed by atoms with Gasteiger partial charge in [-0.25, -0.2) is 0 Å². The molecule has 4 aromatic carbocycles. The van der Waals surface area contributed by atoms with E-state index >= 15 is 0 Å². The largest absolute Gasteiger partial charge is 2.00 e. The average Bonchev–Trinajstić information content (AvgIpc) is 3.08. The summed E-state index contributed by atoms with van der Waals surface area (Å²) in [6.45, 7) is 0. The molecule has 1 heteroatoms. The van der Waals surface area contributed by atoms with Crippen LogP contribution in [0.1, 0.15) is 0 Å². The molecule has 0 heterocycles. The van der Waals surface area contributed by atoms with E-state index in [-0.39, 0.29) is 22.4 Å². The Balaban J connectivity index is 0.000000133. The molecule has 4 rings (SSSR count). The van der Waals surface area contributed by atoms with Crippen LogP contribution >= 0.6 is 0 Å². The molecular formula is C18H14Ta. The summed E-state index contributed by atoms with van der Waals surface area (Å²) in [4.78, 5) is 0. The fourth-order valence-corrected chi connectivity index (χ4v) is 2.14. The van der Waals surface area contributed by atoms with Crippen LogP contribution in [0.25, 0.3) is 21.5 Å². The fourth-order valence-electron chi connectivity index (χ4n) is 2.14. The number of hydrogen-bond acceptors (Lipinski definition) is 0. The number of hydrogen-bond donors (Lipinski definition) is 0. The van der Waals surface area contributed by atoms with E-state index in [0.717, 1.165) is 0 Å². The van der Waals surface area contributed by atoms with Crippen molar-refractivity contribution < 1.29 is 22.4 Å². The van der Waals surface area contributed by atoms with Crippen LogP contribution in [-0.4, -0.2) is 0 Å². The van der Waals surface area contributed by atoms with Gasteiger partial charge < -0.3 is 0 Å². The van der Waals surface area contributed by atoms with Crippen molar-refractivity contribution in [1.82, 2.24) is 0 Å². The predicted molar refractivity (Wildman–Crippen MR) is 79.1 cm³/mol. The molecule has 0 saturated carbocycles. The zero-order valence-corrected chi connectivity index (χ0v) is 13.7. The van der Waals surface area contributed by atoms with E-state index in [0.29, 0.717) is 0 Å². The molecule has 0 saturated heterocycles. The standard InChI is InChI=1S/2C9H7.Ta/c2*1-2-5-9-7-3-6-8(9)4-1;/h2*1-7H;/q2*-1;+2. The van der Waals surface area contributed by atoms with Gasteiger partial charge in [0, 0.05) is 0 Å². The van der Waals surface area contributed by atoms with Gasteiger partial charge in [-0.05, 0) is 0 Å².